The fraction of sp³-hybridized carbons (Fsp3) is 0.385. The van der Waals surface area contributed by atoms with Crippen LogP contribution < -0.4 is 5.73 Å². The number of esters is 2. The number of nitrogen functional groups attached to an aromatic ring is 1. The van der Waals surface area contributed by atoms with Gasteiger partial charge in [0.15, 0.2) is 0 Å². The third-order valence-electron chi connectivity index (χ3n) is 2.33. The van der Waals surface area contributed by atoms with Crippen LogP contribution in [0.25, 0.3) is 0 Å². The summed E-state index contributed by atoms with van der Waals surface area (Å²) in [6.45, 7) is 4.05. The van der Waals surface area contributed by atoms with Crippen molar-refractivity contribution in [3.63, 3.8) is 0 Å². The van der Waals surface area contributed by atoms with Crippen molar-refractivity contribution < 1.29 is 19.1 Å². The molecule has 0 saturated heterocycles. The second-order valence-corrected chi connectivity index (χ2v) is 3.58. The molecule has 0 radical (unpaired) electrons. The number of benzene rings is 1. The van der Waals surface area contributed by atoms with Crippen LogP contribution in [0.15, 0.2) is 18.2 Å². The molecule has 0 saturated carbocycles. The molecule has 2 N–H and O–H groups in total. The summed E-state index contributed by atoms with van der Waals surface area (Å²) in [4.78, 5) is 23.0. The van der Waals surface area contributed by atoms with Crippen molar-refractivity contribution in [1.82, 2.24) is 0 Å². The van der Waals surface area contributed by atoms with Gasteiger partial charge in [-0.15, -0.1) is 0 Å². The van der Waals surface area contributed by atoms with Crippen LogP contribution >= 0.6 is 0 Å². The number of para-hydroxylation sites is 1. The van der Waals surface area contributed by atoms with E-state index in [2.05, 4.69) is 0 Å². The molecule has 0 aliphatic carbocycles. The van der Waals surface area contributed by atoms with Crippen LogP contribution in [-0.2, 0) is 20.7 Å². The largest absolute Gasteiger partial charge is 0.466 e. The molecule has 0 aliphatic rings. The fourth-order valence-corrected chi connectivity index (χ4v) is 1.52. The molecule has 0 bridgehead atoms. The van der Waals surface area contributed by atoms with Crippen molar-refractivity contribution >= 4 is 17.6 Å². The number of hydrogen-bond donors (Lipinski definition) is 1. The van der Waals surface area contributed by atoms with Crippen LogP contribution in [0.4, 0.5) is 5.69 Å². The number of nitrogens with two attached hydrogens (primary N) is 1. The summed E-state index contributed by atoms with van der Waals surface area (Å²) in [6.07, 6.45) is 0.0485. The first-order valence-corrected chi connectivity index (χ1v) is 5.80. The van der Waals surface area contributed by atoms with Crippen molar-refractivity contribution in [3.05, 3.63) is 29.3 Å². The summed E-state index contributed by atoms with van der Waals surface area (Å²) in [5.41, 5.74) is 6.96. The number of rotatable bonds is 5. The molecule has 1 aromatic carbocycles. The molecule has 0 heterocycles. The van der Waals surface area contributed by atoms with Crippen molar-refractivity contribution in [2.24, 2.45) is 0 Å². The highest BCUT2D eigenvalue weighted by atomic mass is 16.5. The fourth-order valence-electron chi connectivity index (χ4n) is 1.52. The zero-order valence-electron chi connectivity index (χ0n) is 10.6. The van der Waals surface area contributed by atoms with E-state index in [1.807, 2.05) is 0 Å². The molecular weight excluding hydrogens is 234 g/mol. The van der Waals surface area contributed by atoms with Gasteiger partial charge < -0.3 is 15.2 Å². The monoisotopic (exact) mass is 251 g/mol. The van der Waals surface area contributed by atoms with Gasteiger partial charge in [0.25, 0.3) is 0 Å². The van der Waals surface area contributed by atoms with Gasteiger partial charge in [0.2, 0.25) is 0 Å². The summed E-state index contributed by atoms with van der Waals surface area (Å²) < 4.78 is 9.72. The molecule has 98 valence electrons. The molecule has 5 nitrogen and oxygen atoms in total. The summed E-state index contributed by atoms with van der Waals surface area (Å²) >= 11 is 0. The third kappa shape index (κ3) is 3.48. The average molecular weight is 251 g/mol. The number of carbonyl (C=O) groups excluding carboxylic acids is 2. The van der Waals surface area contributed by atoms with E-state index in [9.17, 15) is 9.59 Å². The Labute approximate surface area is 106 Å². The molecule has 0 atom stereocenters. The minimum atomic E-state index is -0.485. The molecule has 0 aliphatic heterocycles. The number of ether oxygens (including phenoxy) is 2. The highest BCUT2D eigenvalue weighted by Crippen LogP contribution is 2.19. The van der Waals surface area contributed by atoms with Crippen molar-refractivity contribution in [2.45, 2.75) is 20.3 Å². The lowest BCUT2D eigenvalue weighted by molar-refractivity contribution is -0.142. The maximum Gasteiger partial charge on any atom is 0.340 e. The Kier molecular flexibility index (Phi) is 5.17. The molecule has 0 spiro atoms. The second-order valence-electron chi connectivity index (χ2n) is 3.58. The van der Waals surface area contributed by atoms with Crippen LogP contribution in [-0.4, -0.2) is 25.2 Å². The molecule has 0 aromatic heterocycles. The van der Waals surface area contributed by atoms with E-state index < -0.39 is 5.97 Å². The van der Waals surface area contributed by atoms with E-state index in [1.54, 1.807) is 32.0 Å². The Morgan fingerprint density at radius 2 is 1.83 bits per heavy atom. The van der Waals surface area contributed by atoms with E-state index in [0.29, 0.717) is 12.2 Å². The Balaban J connectivity index is 2.91. The van der Waals surface area contributed by atoms with Gasteiger partial charge in [-0.3, -0.25) is 4.79 Å². The van der Waals surface area contributed by atoms with E-state index in [1.165, 1.54) is 0 Å². The topological polar surface area (TPSA) is 78.6 Å². The van der Waals surface area contributed by atoms with E-state index in [4.69, 9.17) is 15.2 Å². The smallest absolute Gasteiger partial charge is 0.340 e. The SMILES string of the molecule is CCOC(=O)Cc1cccc(C(=O)OCC)c1N. The predicted octanol–water partition coefficient (Wildman–Crippen LogP) is 1.55. The van der Waals surface area contributed by atoms with Gasteiger partial charge in [-0.2, -0.15) is 0 Å². The van der Waals surface area contributed by atoms with Crippen LogP contribution in [0.2, 0.25) is 0 Å². The Hall–Kier alpha value is -2.04. The van der Waals surface area contributed by atoms with Crippen molar-refractivity contribution in [3.8, 4) is 0 Å². The first-order chi connectivity index (χ1) is 8.60. The van der Waals surface area contributed by atoms with Gasteiger partial charge in [-0.05, 0) is 25.5 Å². The first-order valence-electron chi connectivity index (χ1n) is 5.80. The van der Waals surface area contributed by atoms with E-state index in [0.717, 1.165) is 0 Å². The van der Waals surface area contributed by atoms with Gasteiger partial charge in [-0.25, -0.2) is 4.79 Å². The van der Waals surface area contributed by atoms with Crippen LogP contribution in [0.5, 0.6) is 0 Å². The summed E-state index contributed by atoms with van der Waals surface area (Å²) in [6, 6.07) is 4.92. The Morgan fingerprint density at radius 3 is 2.44 bits per heavy atom. The standard InChI is InChI=1S/C13H17NO4/c1-3-17-11(15)8-9-6-5-7-10(12(9)14)13(16)18-4-2/h5-7H,3-4,8,14H2,1-2H3. The maximum absolute atomic E-state index is 11.6. The lowest BCUT2D eigenvalue weighted by atomic mass is 10.0. The zero-order valence-corrected chi connectivity index (χ0v) is 10.6. The average Bonchev–Trinajstić information content (AvgIpc) is 2.32. The summed E-state index contributed by atoms with van der Waals surface area (Å²) in [5, 5.41) is 0. The van der Waals surface area contributed by atoms with Gasteiger partial charge in [-0.1, -0.05) is 12.1 Å². The molecule has 1 rings (SSSR count). The minimum Gasteiger partial charge on any atom is -0.466 e. The zero-order chi connectivity index (χ0) is 13.5. The minimum absolute atomic E-state index is 0.0485. The number of hydrogen-bond acceptors (Lipinski definition) is 5. The third-order valence-corrected chi connectivity index (χ3v) is 2.33. The highest BCUT2D eigenvalue weighted by Gasteiger charge is 2.15. The predicted molar refractivity (Wildman–Crippen MR) is 67.1 cm³/mol. The quantitative estimate of drug-likeness (QED) is 0.634. The second kappa shape index (κ2) is 6.64. The Morgan fingerprint density at radius 1 is 1.17 bits per heavy atom. The summed E-state index contributed by atoms with van der Waals surface area (Å²) in [5.74, 6) is -0.856. The number of carbonyl (C=O) groups is 2. The van der Waals surface area contributed by atoms with Gasteiger partial charge in [0.05, 0.1) is 25.2 Å². The molecule has 0 amide bonds. The Bertz CT molecular complexity index is 443. The normalized spacial score (nSPS) is 9.89. The first kappa shape index (κ1) is 14.0. The van der Waals surface area contributed by atoms with E-state index in [-0.39, 0.29) is 30.2 Å². The molecule has 0 fully saturated rings. The lowest BCUT2D eigenvalue weighted by Gasteiger charge is -2.09. The lowest BCUT2D eigenvalue weighted by Crippen LogP contribution is -2.13. The van der Waals surface area contributed by atoms with Crippen LogP contribution in [0.1, 0.15) is 29.8 Å². The molecular formula is C13H17NO4. The molecule has 5 heteroatoms. The van der Waals surface area contributed by atoms with Crippen molar-refractivity contribution in [2.75, 3.05) is 18.9 Å². The van der Waals surface area contributed by atoms with Gasteiger partial charge in [0, 0.05) is 5.69 Å². The molecule has 18 heavy (non-hydrogen) atoms. The molecule has 0 unspecified atom stereocenters. The summed E-state index contributed by atoms with van der Waals surface area (Å²) in [7, 11) is 0. The maximum atomic E-state index is 11.6. The van der Waals surface area contributed by atoms with Crippen molar-refractivity contribution in [1.29, 1.82) is 0 Å². The van der Waals surface area contributed by atoms with E-state index >= 15 is 0 Å². The molecule has 1 aromatic rings. The van der Waals surface area contributed by atoms with Crippen LogP contribution in [0, 0.1) is 0 Å². The highest BCUT2D eigenvalue weighted by molar-refractivity contribution is 5.96. The van der Waals surface area contributed by atoms with Crippen LogP contribution in [0.3, 0.4) is 0 Å². The van der Waals surface area contributed by atoms with Gasteiger partial charge in [0.1, 0.15) is 0 Å². The van der Waals surface area contributed by atoms with Gasteiger partial charge >= 0.3 is 11.9 Å². The number of anilines is 1.